The molecule has 2 heterocycles. The number of halogens is 2. The Morgan fingerprint density at radius 2 is 2.03 bits per heavy atom. The summed E-state index contributed by atoms with van der Waals surface area (Å²) >= 11 is 6.43. The highest BCUT2D eigenvalue weighted by Crippen LogP contribution is 2.34. The minimum absolute atomic E-state index is 0.257. The smallest absolute Gasteiger partial charge is 0.328 e. The molecule has 1 aliphatic heterocycles. The Morgan fingerprint density at radius 1 is 1.26 bits per heavy atom. The van der Waals surface area contributed by atoms with Crippen molar-refractivity contribution in [3.63, 3.8) is 0 Å². The van der Waals surface area contributed by atoms with Crippen molar-refractivity contribution in [3.05, 3.63) is 100 Å². The fraction of sp³-hybridized carbons (Fsp3) is 0.310. The Morgan fingerprint density at radius 3 is 2.69 bits per heavy atom. The number of nitrogens with two attached hydrogens (primary N) is 1. The third-order valence-corrected chi connectivity index (χ3v) is 6.55. The van der Waals surface area contributed by atoms with Gasteiger partial charge in [0.2, 0.25) is 0 Å². The molecule has 6 N–H and O–H groups in total. The highest BCUT2D eigenvalue weighted by Gasteiger charge is 2.27. The van der Waals surface area contributed by atoms with Crippen LogP contribution in [0.1, 0.15) is 56.3 Å². The second-order valence-corrected chi connectivity index (χ2v) is 9.19. The molecule has 1 aromatic carbocycles. The highest BCUT2D eigenvalue weighted by molar-refractivity contribution is 6.33. The highest BCUT2D eigenvalue weighted by atomic mass is 35.5. The number of allylic oxidation sites excluding steroid dienone is 2. The van der Waals surface area contributed by atoms with Crippen LogP contribution in [-0.4, -0.2) is 23.6 Å². The lowest BCUT2D eigenvalue weighted by Crippen LogP contribution is -2.34. The molecule has 39 heavy (non-hydrogen) atoms. The number of carbonyl (C=O) groups excluding carboxylic acids is 1. The Bertz CT molecular complexity index is 1290. The maximum absolute atomic E-state index is 14.6. The third-order valence-electron chi connectivity index (χ3n) is 6.26. The summed E-state index contributed by atoms with van der Waals surface area (Å²) in [4.78, 5) is 16.0. The van der Waals surface area contributed by atoms with Crippen molar-refractivity contribution in [1.82, 2.24) is 21.0 Å². The lowest BCUT2D eigenvalue weighted by molar-refractivity contribution is -0.139. The molecule has 2 unspecified atom stereocenters. The minimum atomic E-state index is -0.432. The molecular formula is C29H36ClFN6O2. The van der Waals surface area contributed by atoms with Crippen molar-refractivity contribution in [2.24, 2.45) is 5.73 Å². The molecule has 1 aromatic heterocycles. The number of hydrazine groups is 1. The number of nitrogens with zero attached hydrogens (tertiary/aromatic N) is 1. The van der Waals surface area contributed by atoms with E-state index in [0.29, 0.717) is 65.1 Å². The number of rotatable bonds is 9. The van der Waals surface area contributed by atoms with Gasteiger partial charge in [-0.25, -0.2) is 14.2 Å². The number of pyridine rings is 1. The molecule has 0 bridgehead atoms. The number of carbonyl (C=O) groups is 1. The summed E-state index contributed by atoms with van der Waals surface area (Å²) in [6.45, 7) is 14.3. The zero-order chi connectivity index (χ0) is 28.5. The van der Waals surface area contributed by atoms with E-state index in [9.17, 15) is 9.18 Å². The number of hydrogen-bond acceptors (Lipinski definition) is 8. The number of cyclic esters (lactones) is 1. The van der Waals surface area contributed by atoms with Crippen molar-refractivity contribution in [1.29, 1.82) is 0 Å². The van der Waals surface area contributed by atoms with Crippen LogP contribution in [0.15, 0.2) is 72.9 Å². The van der Waals surface area contributed by atoms with E-state index in [-0.39, 0.29) is 11.8 Å². The molecule has 1 fully saturated rings. The first-order valence-corrected chi connectivity index (χ1v) is 13.3. The molecular weight excluding hydrogens is 519 g/mol. The lowest BCUT2D eigenvalue weighted by Gasteiger charge is -2.25. The van der Waals surface area contributed by atoms with E-state index in [1.165, 1.54) is 6.07 Å². The molecule has 2 atom stereocenters. The predicted octanol–water partition coefficient (Wildman–Crippen LogP) is 5.23. The first-order valence-electron chi connectivity index (χ1n) is 12.9. The van der Waals surface area contributed by atoms with E-state index in [4.69, 9.17) is 22.1 Å². The van der Waals surface area contributed by atoms with Crippen molar-refractivity contribution < 1.29 is 13.9 Å². The predicted molar refractivity (Wildman–Crippen MR) is 155 cm³/mol. The number of ether oxygens (including phenoxy) is 1. The summed E-state index contributed by atoms with van der Waals surface area (Å²) in [5, 5.41) is 6.69. The molecule has 1 aliphatic carbocycles. The van der Waals surface area contributed by atoms with Crippen LogP contribution in [-0.2, 0) is 16.0 Å². The van der Waals surface area contributed by atoms with Gasteiger partial charge in [-0.05, 0) is 48.6 Å². The van der Waals surface area contributed by atoms with Crippen LogP contribution in [0.4, 0.5) is 10.2 Å². The number of aromatic nitrogens is 1. The average Bonchev–Trinajstić information content (AvgIpc) is 3.28. The number of esters is 1. The van der Waals surface area contributed by atoms with E-state index in [1.807, 2.05) is 39.0 Å². The van der Waals surface area contributed by atoms with Gasteiger partial charge < -0.3 is 21.1 Å². The first kappa shape index (κ1) is 29.6. The van der Waals surface area contributed by atoms with Crippen molar-refractivity contribution >= 4 is 29.1 Å². The number of nitrogens with one attached hydrogen (secondary N) is 4. The average molecular weight is 555 g/mol. The van der Waals surface area contributed by atoms with Gasteiger partial charge >= 0.3 is 5.97 Å². The van der Waals surface area contributed by atoms with Crippen LogP contribution in [0.5, 0.6) is 0 Å². The van der Waals surface area contributed by atoms with Gasteiger partial charge in [-0.1, -0.05) is 62.9 Å². The van der Waals surface area contributed by atoms with E-state index >= 15 is 0 Å². The Kier molecular flexibility index (Phi) is 10.4. The summed E-state index contributed by atoms with van der Waals surface area (Å²) in [6.07, 6.45) is 7.05. The standard InChI is InChI=1S/C27H30ClFN6O2.C2H6/c1-4-6-20-23(30)10-9-18-19(7-5-8-22(18)29)25(20)33-16(3)34-35-26-21(28)13-17(14-31-26)15(2)32-24-11-12-37-27(24)36;1-2/h4-8,13-14,24-25,32-34H,2-3,9-12,30H2,1H3,(H,31,35);1-2H3/b6-4-;. The van der Waals surface area contributed by atoms with Gasteiger partial charge in [0.1, 0.15) is 17.7 Å². The van der Waals surface area contributed by atoms with Gasteiger partial charge in [-0.3, -0.25) is 10.9 Å². The second kappa shape index (κ2) is 13.7. The molecule has 8 nitrogen and oxygen atoms in total. The largest absolute Gasteiger partial charge is 0.464 e. The number of fused-ring (bicyclic) bond motifs is 1. The first-order chi connectivity index (χ1) is 18.8. The topological polar surface area (TPSA) is 113 Å². The van der Waals surface area contributed by atoms with Crippen LogP contribution in [0.3, 0.4) is 0 Å². The minimum Gasteiger partial charge on any atom is -0.464 e. The molecule has 0 spiro atoms. The van der Waals surface area contributed by atoms with Crippen molar-refractivity contribution in [2.45, 2.75) is 52.1 Å². The molecule has 10 heteroatoms. The molecule has 4 rings (SSSR count). The Balaban J connectivity index is 0.00000205. The monoisotopic (exact) mass is 554 g/mol. The number of benzene rings is 1. The summed E-state index contributed by atoms with van der Waals surface area (Å²) in [5.74, 6) is 0.205. The van der Waals surface area contributed by atoms with Crippen molar-refractivity contribution in [2.75, 3.05) is 12.0 Å². The van der Waals surface area contributed by atoms with Crippen molar-refractivity contribution in [3.8, 4) is 0 Å². The summed E-state index contributed by atoms with van der Waals surface area (Å²) in [5.41, 5.74) is 16.4. The van der Waals surface area contributed by atoms with E-state index in [2.05, 4.69) is 39.6 Å². The van der Waals surface area contributed by atoms with Gasteiger partial charge in [0, 0.05) is 29.6 Å². The number of hydrogen-bond donors (Lipinski definition) is 5. The molecule has 2 aromatic rings. The van der Waals surface area contributed by atoms with Crippen LogP contribution in [0.25, 0.3) is 5.70 Å². The van der Waals surface area contributed by atoms with Gasteiger partial charge in [0.05, 0.1) is 17.7 Å². The summed E-state index contributed by atoms with van der Waals surface area (Å²) in [6, 6.07) is 5.88. The molecule has 1 saturated heterocycles. The zero-order valence-electron chi connectivity index (χ0n) is 22.5. The lowest BCUT2D eigenvalue weighted by atomic mass is 9.94. The molecule has 0 saturated carbocycles. The van der Waals surface area contributed by atoms with Gasteiger partial charge in [0.25, 0.3) is 0 Å². The Hall–Kier alpha value is -3.98. The van der Waals surface area contributed by atoms with E-state index < -0.39 is 12.1 Å². The van der Waals surface area contributed by atoms with Crippen LogP contribution >= 0.6 is 11.6 Å². The quantitative estimate of drug-likeness (QED) is 0.211. The van der Waals surface area contributed by atoms with E-state index in [1.54, 1.807) is 18.3 Å². The summed E-state index contributed by atoms with van der Waals surface area (Å²) < 4.78 is 19.6. The van der Waals surface area contributed by atoms with Gasteiger partial charge in [-0.2, -0.15) is 0 Å². The fourth-order valence-corrected chi connectivity index (χ4v) is 4.58. The maximum Gasteiger partial charge on any atom is 0.328 e. The fourth-order valence-electron chi connectivity index (χ4n) is 4.37. The second-order valence-electron chi connectivity index (χ2n) is 8.78. The van der Waals surface area contributed by atoms with Crippen LogP contribution in [0, 0.1) is 5.82 Å². The SMILES string of the molecule is C=C(NNc1ncc(C(=C)NC2CCOC2=O)cc1Cl)NC1C(/C=C\C)=C(N)CCc2c(F)cccc21.CC. The molecule has 208 valence electrons. The van der Waals surface area contributed by atoms with Gasteiger partial charge in [0.15, 0.2) is 5.82 Å². The van der Waals surface area contributed by atoms with Crippen LogP contribution < -0.4 is 27.2 Å². The molecule has 0 amide bonds. The normalized spacial score (nSPS) is 18.3. The molecule has 0 radical (unpaired) electrons. The Labute approximate surface area is 234 Å². The van der Waals surface area contributed by atoms with Gasteiger partial charge in [-0.15, -0.1) is 0 Å². The van der Waals surface area contributed by atoms with E-state index in [0.717, 1.165) is 11.1 Å². The zero-order valence-corrected chi connectivity index (χ0v) is 23.3. The number of anilines is 1. The molecule has 2 aliphatic rings. The maximum atomic E-state index is 14.6. The van der Waals surface area contributed by atoms with Crippen LogP contribution in [0.2, 0.25) is 5.02 Å². The third kappa shape index (κ3) is 7.11. The summed E-state index contributed by atoms with van der Waals surface area (Å²) in [7, 11) is 0.